The molecule has 62 valence electrons. The monoisotopic (exact) mass is 183 g/mol. The lowest BCUT2D eigenvalue weighted by Gasteiger charge is -2.13. The lowest BCUT2D eigenvalue weighted by molar-refractivity contribution is 0.627. The summed E-state index contributed by atoms with van der Waals surface area (Å²) in [6.45, 7) is 0. The van der Waals surface area contributed by atoms with Gasteiger partial charge in [0.1, 0.15) is 11.7 Å². The summed E-state index contributed by atoms with van der Waals surface area (Å²) in [6.07, 6.45) is 0. The minimum Gasteiger partial charge on any atom is -0.383 e. The Morgan fingerprint density at radius 3 is 3.17 bits per heavy atom. The molecule has 0 bridgehead atoms. The number of fused-ring (bicyclic) bond motifs is 1. The molecule has 0 radical (unpaired) electrons. The number of rotatable bonds is 0. The van der Waals surface area contributed by atoms with Crippen LogP contribution in [0.4, 0.5) is 10.1 Å². The molecule has 0 aliphatic carbocycles. The highest BCUT2D eigenvalue weighted by Gasteiger charge is 2.11. The molecular formula is C7H6FN3S. The smallest absolute Gasteiger partial charge is 0.142 e. The zero-order chi connectivity index (χ0) is 8.55. The fourth-order valence-electron chi connectivity index (χ4n) is 0.988. The average Bonchev–Trinajstić information content (AvgIpc) is 2.07. The van der Waals surface area contributed by atoms with E-state index in [4.69, 9.17) is 5.73 Å². The van der Waals surface area contributed by atoms with Gasteiger partial charge in [0.05, 0.1) is 17.8 Å². The Morgan fingerprint density at radius 1 is 1.50 bits per heavy atom. The van der Waals surface area contributed by atoms with Crippen LogP contribution in [0.5, 0.6) is 0 Å². The Morgan fingerprint density at radius 2 is 2.33 bits per heavy atom. The van der Waals surface area contributed by atoms with E-state index in [0.717, 1.165) is 17.8 Å². The molecule has 0 spiro atoms. The first-order valence-corrected chi connectivity index (χ1v) is 4.10. The van der Waals surface area contributed by atoms with E-state index in [1.165, 1.54) is 12.1 Å². The maximum Gasteiger partial charge on any atom is 0.142 e. The van der Waals surface area contributed by atoms with Crippen LogP contribution in [-0.4, -0.2) is 5.84 Å². The van der Waals surface area contributed by atoms with E-state index in [1.54, 1.807) is 6.07 Å². The van der Waals surface area contributed by atoms with Gasteiger partial charge in [-0.15, -0.1) is 0 Å². The Bertz CT molecular complexity index is 351. The molecule has 1 aliphatic rings. The van der Waals surface area contributed by atoms with Crippen molar-refractivity contribution in [3.8, 4) is 0 Å². The molecule has 0 unspecified atom stereocenters. The SMILES string of the molecule is NC1=NSNc2ccc(F)cc21. The zero-order valence-electron chi connectivity index (χ0n) is 6.04. The molecule has 0 saturated heterocycles. The van der Waals surface area contributed by atoms with Crippen LogP contribution >= 0.6 is 12.1 Å². The van der Waals surface area contributed by atoms with E-state index >= 15 is 0 Å². The third kappa shape index (κ3) is 1.12. The van der Waals surface area contributed by atoms with E-state index < -0.39 is 0 Å². The van der Waals surface area contributed by atoms with E-state index in [9.17, 15) is 4.39 Å². The highest BCUT2D eigenvalue weighted by Crippen LogP contribution is 2.24. The first-order valence-electron chi connectivity index (χ1n) is 3.33. The second-order valence-corrected chi connectivity index (χ2v) is 2.93. The minimum absolute atomic E-state index is 0.305. The minimum atomic E-state index is -0.305. The van der Waals surface area contributed by atoms with Crippen LogP contribution in [0.2, 0.25) is 0 Å². The molecule has 3 N–H and O–H groups in total. The summed E-state index contributed by atoms with van der Waals surface area (Å²) in [5.41, 5.74) is 6.96. The van der Waals surface area contributed by atoms with Gasteiger partial charge in [0.25, 0.3) is 0 Å². The molecule has 5 heteroatoms. The maximum atomic E-state index is 12.7. The molecule has 3 nitrogen and oxygen atoms in total. The van der Waals surface area contributed by atoms with Gasteiger partial charge in [-0.3, -0.25) is 0 Å². The topological polar surface area (TPSA) is 50.4 Å². The van der Waals surface area contributed by atoms with E-state index in [2.05, 4.69) is 9.12 Å². The molecule has 1 aromatic rings. The number of halogens is 1. The largest absolute Gasteiger partial charge is 0.383 e. The summed E-state index contributed by atoms with van der Waals surface area (Å²) >= 11 is 1.14. The molecular weight excluding hydrogens is 177 g/mol. The summed E-state index contributed by atoms with van der Waals surface area (Å²) in [5.74, 6) is 0.0499. The van der Waals surface area contributed by atoms with Crippen molar-refractivity contribution in [1.82, 2.24) is 0 Å². The molecule has 0 aromatic heterocycles. The first-order chi connectivity index (χ1) is 5.77. The van der Waals surface area contributed by atoms with Gasteiger partial charge in [-0.25, -0.2) is 4.39 Å². The molecule has 2 rings (SSSR count). The number of nitrogens with two attached hydrogens (primary N) is 1. The predicted molar refractivity (Wildman–Crippen MR) is 48.3 cm³/mol. The Labute approximate surface area is 73.1 Å². The van der Waals surface area contributed by atoms with Gasteiger partial charge in [-0.2, -0.15) is 4.40 Å². The zero-order valence-corrected chi connectivity index (χ0v) is 6.86. The van der Waals surface area contributed by atoms with Crippen LogP contribution in [-0.2, 0) is 0 Å². The van der Waals surface area contributed by atoms with Gasteiger partial charge in [-0.1, -0.05) is 0 Å². The number of hydrogen-bond acceptors (Lipinski definition) is 4. The Kier molecular flexibility index (Phi) is 1.65. The summed E-state index contributed by atoms with van der Waals surface area (Å²) in [6, 6.07) is 4.38. The molecule has 0 saturated carbocycles. The number of nitrogens with zero attached hydrogens (tertiary/aromatic N) is 1. The van der Waals surface area contributed by atoms with Crippen molar-refractivity contribution in [3.63, 3.8) is 0 Å². The first kappa shape index (κ1) is 7.42. The van der Waals surface area contributed by atoms with Crippen LogP contribution < -0.4 is 10.5 Å². The fourth-order valence-corrected chi connectivity index (χ4v) is 1.51. The summed E-state index contributed by atoms with van der Waals surface area (Å²) in [7, 11) is 0. The quantitative estimate of drug-likeness (QED) is 0.599. The number of hydrogen-bond donors (Lipinski definition) is 2. The number of amidine groups is 1. The number of anilines is 1. The molecule has 0 atom stereocenters. The molecule has 12 heavy (non-hydrogen) atoms. The van der Waals surface area contributed by atoms with E-state index in [-0.39, 0.29) is 5.82 Å². The van der Waals surface area contributed by atoms with Crippen LogP contribution in [0, 0.1) is 5.82 Å². The lowest BCUT2D eigenvalue weighted by atomic mass is 10.1. The highest BCUT2D eigenvalue weighted by atomic mass is 32.2. The predicted octanol–water partition coefficient (Wildman–Crippen LogP) is 1.52. The summed E-state index contributed by atoms with van der Waals surface area (Å²) in [4.78, 5) is 0. The fraction of sp³-hybridized carbons (Fsp3) is 0. The second-order valence-electron chi connectivity index (χ2n) is 2.36. The van der Waals surface area contributed by atoms with Crippen molar-refractivity contribution in [2.24, 2.45) is 10.1 Å². The molecule has 0 fully saturated rings. The van der Waals surface area contributed by atoms with Crippen molar-refractivity contribution in [2.75, 3.05) is 4.72 Å². The number of benzene rings is 1. The number of nitrogens with one attached hydrogen (secondary N) is 1. The van der Waals surface area contributed by atoms with Crippen molar-refractivity contribution in [1.29, 1.82) is 0 Å². The second kappa shape index (κ2) is 2.67. The van der Waals surface area contributed by atoms with Crippen LogP contribution in [0.1, 0.15) is 5.56 Å². The molecule has 0 amide bonds. The van der Waals surface area contributed by atoms with Gasteiger partial charge in [0.2, 0.25) is 0 Å². The van der Waals surface area contributed by atoms with E-state index in [0.29, 0.717) is 11.4 Å². The third-order valence-electron chi connectivity index (χ3n) is 1.56. The standard InChI is InChI=1S/C7H6FN3S/c8-4-1-2-6-5(3-4)7(9)11-12-10-6/h1-3,10H,(H2,9,11). The van der Waals surface area contributed by atoms with Crippen LogP contribution in [0.25, 0.3) is 0 Å². The van der Waals surface area contributed by atoms with E-state index in [1.807, 2.05) is 0 Å². The molecule has 1 heterocycles. The Hall–Kier alpha value is -1.23. The van der Waals surface area contributed by atoms with Crippen LogP contribution in [0.15, 0.2) is 22.6 Å². The van der Waals surface area contributed by atoms with Crippen LogP contribution in [0.3, 0.4) is 0 Å². The molecule has 1 aliphatic heterocycles. The summed E-state index contributed by atoms with van der Waals surface area (Å²) < 4.78 is 19.5. The van der Waals surface area contributed by atoms with Gasteiger partial charge in [0, 0.05) is 5.56 Å². The van der Waals surface area contributed by atoms with Crippen molar-refractivity contribution < 1.29 is 4.39 Å². The molecule has 1 aromatic carbocycles. The summed E-state index contributed by atoms with van der Waals surface area (Å²) in [5, 5.41) is 0. The highest BCUT2D eigenvalue weighted by molar-refractivity contribution is 7.99. The van der Waals surface area contributed by atoms with Gasteiger partial charge < -0.3 is 10.5 Å². The van der Waals surface area contributed by atoms with Gasteiger partial charge in [-0.05, 0) is 18.2 Å². The van der Waals surface area contributed by atoms with Gasteiger partial charge >= 0.3 is 0 Å². The normalized spacial score (nSPS) is 14.6. The average molecular weight is 183 g/mol. The van der Waals surface area contributed by atoms with Crippen molar-refractivity contribution in [3.05, 3.63) is 29.6 Å². The van der Waals surface area contributed by atoms with Gasteiger partial charge in [0.15, 0.2) is 0 Å². The third-order valence-corrected chi connectivity index (χ3v) is 2.16. The lowest BCUT2D eigenvalue weighted by Crippen LogP contribution is -2.17. The maximum absolute atomic E-state index is 12.7. The Balaban J connectivity index is 2.58. The van der Waals surface area contributed by atoms with Crippen molar-refractivity contribution in [2.45, 2.75) is 0 Å². The van der Waals surface area contributed by atoms with Crippen molar-refractivity contribution >= 4 is 23.7 Å².